The maximum atomic E-state index is 12.3. The van der Waals surface area contributed by atoms with Gasteiger partial charge in [-0.2, -0.15) is 8.42 Å². The molecule has 0 bridgehead atoms. The Morgan fingerprint density at radius 2 is 1.79 bits per heavy atom. The lowest BCUT2D eigenvalue weighted by Gasteiger charge is -2.09. The van der Waals surface area contributed by atoms with Gasteiger partial charge in [0.05, 0.1) is 4.92 Å². The van der Waals surface area contributed by atoms with Gasteiger partial charge >= 0.3 is 15.8 Å². The lowest BCUT2D eigenvalue weighted by Crippen LogP contribution is -2.11. The Morgan fingerprint density at radius 3 is 2.33 bits per heavy atom. The van der Waals surface area contributed by atoms with Gasteiger partial charge in [0.15, 0.2) is 0 Å². The Kier molecular flexibility index (Phi) is 4.84. The quantitative estimate of drug-likeness (QED) is 0.503. The standard InChI is InChI=1S/C15H14N2O6S/c1-10-3-8-15(14(9-10)17(19)20)23-24(21,22)13-6-4-12(5-7-13)16-11(2)18/h3-9H,1-2H3,(H,16,18). The van der Waals surface area contributed by atoms with Crippen molar-refractivity contribution >= 4 is 27.4 Å². The van der Waals surface area contributed by atoms with Crippen LogP contribution in [0.2, 0.25) is 0 Å². The molecule has 0 fully saturated rings. The van der Waals surface area contributed by atoms with Crippen LogP contribution in [-0.2, 0) is 14.9 Å². The average molecular weight is 350 g/mol. The Balaban J connectivity index is 2.32. The third-order valence-corrected chi connectivity index (χ3v) is 4.22. The minimum Gasteiger partial charge on any atom is -0.372 e. The van der Waals surface area contributed by atoms with Crippen molar-refractivity contribution in [2.75, 3.05) is 5.32 Å². The number of hydrogen-bond donors (Lipinski definition) is 1. The zero-order valence-electron chi connectivity index (χ0n) is 12.8. The topological polar surface area (TPSA) is 116 Å². The normalized spacial score (nSPS) is 10.9. The molecule has 2 aromatic rings. The Hall–Kier alpha value is -2.94. The minimum atomic E-state index is -4.24. The highest BCUT2D eigenvalue weighted by Crippen LogP contribution is 2.30. The van der Waals surface area contributed by atoms with Crippen molar-refractivity contribution in [3.8, 4) is 5.75 Å². The molecule has 2 rings (SSSR count). The summed E-state index contributed by atoms with van der Waals surface area (Å²) >= 11 is 0. The largest absolute Gasteiger partial charge is 0.372 e. The van der Waals surface area contributed by atoms with E-state index in [1.807, 2.05) is 0 Å². The summed E-state index contributed by atoms with van der Waals surface area (Å²) in [7, 11) is -4.24. The lowest BCUT2D eigenvalue weighted by atomic mass is 10.2. The molecule has 8 nitrogen and oxygen atoms in total. The molecule has 0 aliphatic rings. The molecule has 0 aromatic heterocycles. The van der Waals surface area contributed by atoms with Crippen molar-refractivity contribution in [2.24, 2.45) is 0 Å². The Bertz CT molecular complexity index is 891. The van der Waals surface area contributed by atoms with Crippen LogP contribution < -0.4 is 9.50 Å². The van der Waals surface area contributed by atoms with Gasteiger partial charge in [-0.05, 0) is 42.8 Å². The van der Waals surface area contributed by atoms with Gasteiger partial charge in [0, 0.05) is 18.7 Å². The molecule has 0 atom stereocenters. The van der Waals surface area contributed by atoms with Gasteiger partial charge < -0.3 is 9.50 Å². The molecule has 0 aliphatic heterocycles. The molecule has 0 spiro atoms. The zero-order chi connectivity index (χ0) is 17.9. The molecule has 1 amide bonds. The van der Waals surface area contributed by atoms with E-state index >= 15 is 0 Å². The molecule has 1 N–H and O–H groups in total. The molecule has 0 aliphatic carbocycles. The van der Waals surface area contributed by atoms with E-state index < -0.39 is 20.7 Å². The number of carbonyl (C=O) groups excluding carboxylic acids is 1. The molecular weight excluding hydrogens is 336 g/mol. The predicted octanol–water partition coefficient (Wildman–Crippen LogP) is 2.63. The first-order valence-electron chi connectivity index (χ1n) is 6.76. The van der Waals surface area contributed by atoms with Crippen LogP contribution in [0.25, 0.3) is 0 Å². The fraction of sp³-hybridized carbons (Fsp3) is 0.133. The zero-order valence-corrected chi connectivity index (χ0v) is 13.7. The van der Waals surface area contributed by atoms with Gasteiger partial charge in [-0.1, -0.05) is 6.07 Å². The number of carbonyl (C=O) groups is 1. The number of benzene rings is 2. The molecule has 9 heteroatoms. The highest BCUT2D eigenvalue weighted by atomic mass is 32.2. The highest BCUT2D eigenvalue weighted by Gasteiger charge is 2.23. The number of aryl methyl sites for hydroxylation is 1. The third kappa shape index (κ3) is 4.07. The first-order valence-corrected chi connectivity index (χ1v) is 8.17. The monoisotopic (exact) mass is 350 g/mol. The van der Waals surface area contributed by atoms with Gasteiger partial charge in [-0.25, -0.2) is 0 Å². The number of anilines is 1. The summed E-state index contributed by atoms with van der Waals surface area (Å²) in [6.07, 6.45) is 0. The summed E-state index contributed by atoms with van der Waals surface area (Å²) in [5.74, 6) is -0.659. The maximum absolute atomic E-state index is 12.3. The number of nitrogens with one attached hydrogen (secondary N) is 1. The first kappa shape index (κ1) is 17.4. The summed E-state index contributed by atoms with van der Waals surface area (Å²) in [6.45, 7) is 2.97. The summed E-state index contributed by atoms with van der Waals surface area (Å²) in [5.41, 5.74) is 0.585. The van der Waals surface area contributed by atoms with Crippen LogP contribution in [-0.4, -0.2) is 19.2 Å². The molecular formula is C15H14N2O6S. The van der Waals surface area contributed by atoms with E-state index in [9.17, 15) is 23.3 Å². The molecule has 0 saturated carbocycles. The van der Waals surface area contributed by atoms with E-state index in [1.54, 1.807) is 6.92 Å². The summed E-state index contributed by atoms with van der Waals surface area (Å²) < 4.78 is 29.4. The van der Waals surface area contributed by atoms with Crippen LogP contribution in [0.5, 0.6) is 5.75 Å². The second-order valence-corrected chi connectivity index (χ2v) is 6.52. The fourth-order valence-corrected chi connectivity index (χ4v) is 2.86. The van der Waals surface area contributed by atoms with Gasteiger partial charge in [0.1, 0.15) is 4.90 Å². The summed E-state index contributed by atoms with van der Waals surface area (Å²) in [4.78, 5) is 21.1. The van der Waals surface area contributed by atoms with Gasteiger partial charge in [-0.15, -0.1) is 0 Å². The summed E-state index contributed by atoms with van der Waals surface area (Å²) in [5, 5.41) is 13.5. The van der Waals surface area contributed by atoms with E-state index in [1.165, 1.54) is 49.4 Å². The smallest absolute Gasteiger partial charge is 0.339 e. The molecule has 0 heterocycles. The average Bonchev–Trinajstić information content (AvgIpc) is 2.48. The van der Waals surface area contributed by atoms with E-state index in [0.717, 1.165) is 0 Å². The van der Waals surface area contributed by atoms with Crippen molar-refractivity contribution in [1.29, 1.82) is 0 Å². The Morgan fingerprint density at radius 1 is 1.17 bits per heavy atom. The maximum Gasteiger partial charge on any atom is 0.339 e. The molecule has 2 aromatic carbocycles. The van der Waals surface area contributed by atoms with Crippen LogP contribution in [0, 0.1) is 17.0 Å². The van der Waals surface area contributed by atoms with Crippen LogP contribution in [0.4, 0.5) is 11.4 Å². The van der Waals surface area contributed by atoms with Gasteiger partial charge in [0.25, 0.3) is 0 Å². The number of nitrogens with zero attached hydrogens (tertiary/aromatic N) is 1. The second-order valence-electron chi connectivity index (χ2n) is 4.97. The molecule has 0 unspecified atom stereocenters. The number of rotatable bonds is 5. The van der Waals surface area contributed by atoms with E-state index in [4.69, 9.17) is 4.18 Å². The van der Waals surface area contributed by atoms with Crippen molar-refractivity contribution in [3.05, 3.63) is 58.1 Å². The summed E-state index contributed by atoms with van der Waals surface area (Å²) in [6, 6.07) is 9.23. The van der Waals surface area contributed by atoms with E-state index in [2.05, 4.69) is 5.32 Å². The molecule has 126 valence electrons. The fourth-order valence-electron chi connectivity index (χ4n) is 1.92. The Labute approximate surface area is 138 Å². The van der Waals surface area contributed by atoms with Gasteiger partial charge in [-0.3, -0.25) is 14.9 Å². The van der Waals surface area contributed by atoms with Crippen LogP contribution in [0.15, 0.2) is 47.4 Å². The van der Waals surface area contributed by atoms with E-state index in [-0.39, 0.29) is 16.6 Å². The second kappa shape index (κ2) is 6.67. The molecule has 0 saturated heterocycles. The van der Waals surface area contributed by atoms with Crippen molar-refractivity contribution in [2.45, 2.75) is 18.7 Å². The predicted molar refractivity (Wildman–Crippen MR) is 86.4 cm³/mol. The highest BCUT2D eigenvalue weighted by molar-refractivity contribution is 7.87. The van der Waals surface area contributed by atoms with Crippen LogP contribution >= 0.6 is 0 Å². The third-order valence-electron chi connectivity index (χ3n) is 2.97. The number of hydrogen-bond acceptors (Lipinski definition) is 6. The van der Waals surface area contributed by atoms with Crippen molar-refractivity contribution in [3.63, 3.8) is 0 Å². The SMILES string of the molecule is CC(=O)Nc1ccc(S(=O)(=O)Oc2ccc(C)cc2[N+](=O)[O-])cc1. The van der Waals surface area contributed by atoms with Crippen LogP contribution in [0.3, 0.4) is 0 Å². The van der Waals surface area contributed by atoms with Crippen molar-refractivity contribution in [1.82, 2.24) is 0 Å². The number of nitro benzene ring substituents is 1. The number of nitro groups is 1. The first-order chi connectivity index (χ1) is 11.2. The molecule has 0 radical (unpaired) electrons. The number of amides is 1. The van der Waals surface area contributed by atoms with Crippen molar-refractivity contribution < 1.29 is 22.3 Å². The molecule has 24 heavy (non-hydrogen) atoms. The van der Waals surface area contributed by atoms with E-state index in [0.29, 0.717) is 11.3 Å². The van der Waals surface area contributed by atoms with Crippen LogP contribution in [0.1, 0.15) is 12.5 Å². The lowest BCUT2D eigenvalue weighted by molar-refractivity contribution is -0.385. The minimum absolute atomic E-state index is 0.188. The van der Waals surface area contributed by atoms with Gasteiger partial charge in [0.2, 0.25) is 11.7 Å².